The number of benzene rings is 1. The molecule has 2 rings (SSSR count). The molecule has 1 aromatic rings. The van der Waals surface area contributed by atoms with Crippen molar-refractivity contribution >= 4 is 6.03 Å². The molecule has 23 heavy (non-hydrogen) atoms. The number of nitrogens with two attached hydrogens (primary N) is 1. The number of carbonyl (C=O) groups is 1. The summed E-state index contributed by atoms with van der Waals surface area (Å²) in [5, 5.41) is 2.82. The van der Waals surface area contributed by atoms with Gasteiger partial charge in [0.05, 0.1) is 17.2 Å². The summed E-state index contributed by atoms with van der Waals surface area (Å²) in [4.78, 5) is 12.4. The van der Waals surface area contributed by atoms with E-state index in [9.17, 15) is 31.1 Å². The van der Waals surface area contributed by atoms with E-state index < -0.39 is 35.6 Å². The summed E-state index contributed by atoms with van der Waals surface area (Å²) in [7, 11) is 0. The van der Waals surface area contributed by atoms with E-state index in [1.165, 1.54) is 0 Å². The Hall–Kier alpha value is -1.97. The van der Waals surface area contributed by atoms with Crippen LogP contribution in [0.5, 0.6) is 0 Å². The van der Waals surface area contributed by atoms with Crippen molar-refractivity contribution < 1.29 is 31.1 Å². The lowest BCUT2D eigenvalue weighted by atomic mass is 9.97. The Labute approximate surface area is 127 Å². The van der Waals surface area contributed by atoms with Crippen LogP contribution >= 0.6 is 0 Å². The Morgan fingerprint density at radius 1 is 1.09 bits per heavy atom. The van der Waals surface area contributed by atoms with Crippen LogP contribution in [-0.2, 0) is 12.4 Å². The van der Waals surface area contributed by atoms with Crippen LogP contribution in [0.4, 0.5) is 31.1 Å². The van der Waals surface area contributed by atoms with E-state index in [1.807, 2.05) is 0 Å². The second-order valence-corrected chi connectivity index (χ2v) is 5.09. The Kier molecular flexibility index (Phi) is 4.47. The van der Waals surface area contributed by atoms with E-state index in [-0.39, 0.29) is 24.7 Å². The minimum absolute atomic E-state index is 0.0154. The molecular weight excluding hydrogens is 328 g/mol. The summed E-state index contributed by atoms with van der Waals surface area (Å²) < 4.78 is 77.2. The number of nitrogens with zero attached hydrogens (tertiary/aromatic N) is 1. The molecule has 1 fully saturated rings. The van der Waals surface area contributed by atoms with E-state index in [0.717, 1.165) is 4.90 Å². The number of primary amides is 1. The molecule has 3 N–H and O–H groups in total. The summed E-state index contributed by atoms with van der Waals surface area (Å²) in [6.45, 7) is 0.462. The van der Waals surface area contributed by atoms with Gasteiger partial charge in [0.1, 0.15) is 0 Å². The third-order valence-electron chi connectivity index (χ3n) is 3.52. The lowest BCUT2D eigenvalue weighted by Gasteiger charge is -2.35. The molecule has 1 aliphatic heterocycles. The van der Waals surface area contributed by atoms with Gasteiger partial charge in [-0.15, -0.1) is 0 Å². The normalized spacial score (nSPS) is 19.7. The van der Waals surface area contributed by atoms with Crippen LogP contribution < -0.4 is 11.1 Å². The number of urea groups is 1. The van der Waals surface area contributed by atoms with Gasteiger partial charge in [-0.05, 0) is 23.8 Å². The standard InChI is InChI=1S/C13H13F6N3O/c14-12(15,16)8-3-7(4-9(5-8)13(17,18)19)10-6-21-1-2-22(10)11(20)23/h3-5,10,21H,1-2,6H2,(H2,20,23). The summed E-state index contributed by atoms with van der Waals surface area (Å²) in [5.74, 6) is 0. The van der Waals surface area contributed by atoms with Gasteiger partial charge in [0.25, 0.3) is 0 Å². The predicted molar refractivity (Wildman–Crippen MR) is 68.3 cm³/mol. The van der Waals surface area contributed by atoms with Gasteiger partial charge < -0.3 is 16.0 Å². The third-order valence-corrected chi connectivity index (χ3v) is 3.52. The fourth-order valence-electron chi connectivity index (χ4n) is 2.44. The molecule has 1 aromatic carbocycles. The van der Waals surface area contributed by atoms with Crippen LogP contribution in [0.2, 0.25) is 0 Å². The van der Waals surface area contributed by atoms with E-state index in [1.54, 1.807) is 0 Å². The quantitative estimate of drug-likeness (QED) is 0.772. The first-order chi connectivity index (χ1) is 10.5. The molecule has 0 spiro atoms. The van der Waals surface area contributed by atoms with Crippen molar-refractivity contribution in [1.29, 1.82) is 0 Å². The maximum absolute atomic E-state index is 12.9. The highest BCUT2D eigenvalue weighted by atomic mass is 19.4. The lowest BCUT2D eigenvalue weighted by Crippen LogP contribution is -2.50. The van der Waals surface area contributed by atoms with Crippen LogP contribution in [0.1, 0.15) is 22.7 Å². The number of halogens is 6. The third kappa shape index (κ3) is 3.87. The Morgan fingerprint density at radius 2 is 1.61 bits per heavy atom. The molecule has 0 saturated carbocycles. The van der Waals surface area contributed by atoms with E-state index >= 15 is 0 Å². The molecule has 4 nitrogen and oxygen atoms in total. The van der Waals surface area contributed by atoms with Crippen LogP contribution in [0.25, 0.3) is 0 Å². The fourth-order valence-corrected chi connectivity index (χ4v) is 2.44. The summed E-state index contributed by atoms with van der Waals surface area (Å²) in [6.07, 6.45) is -9.87. The van der Waals surface area contributed by atoms with Gasteiger partial charge in [0.15, 0.2) is 0 Å². The molecule has 10 heteroatoms. The van der Waals surface area contributed by atoms with Gasteiger partial charge in [-0.2, -0.15) is 26.3 Å². The van der Waals surface area contributed by atoms with E-state index in [4.69, 9.17) is 5.73 Å². The van der Waals surface area contributed by atoms with Gasteiger partial charge >= 0.3 is 18.4 Å². The average molecular weight is 341 g/mol. The second-order valence-electron chi connectivity index (χ2n) is 5.09. The van der Waals surface area contributed by atoms with Crippen molar-refractivity contribution in [1.82, 2.24) is 10.2 Å². The number of amides is 2. The summed E-state index contributed by atoms with van der Waals surface area (Å²) in [6, 6.07) is -0.618. The average Bonchev–Trinajstić information content (AvgIpc) is 2.45. The molecular formula is C13H13F6N3O. The highest BCUT2D eigenvalue weighted by Crippen LogP contribution is 2.38. The van der Waals surface area contributed by atoms with Gasteiger partial charge in [-0.1, -0.05) is 0 Å². The molecule has 128 valence electrons. The number of carbonyl (C=O) groups excluding carboxylic acids is 1. The van der Waals surface area contributed by atoms with E-state index in [2.05, 4.69) is 5.32 Å². The Bertz CT molecular complexity index is 566. The molecule has 0 bridgehead atoms. The predicted octanol–water partition coefficient (Wildman–Crippen LogP) is 2.75. The zero-order chi connectivity index (χ0) is 17.4. The van der Waals surface area contributed by atoms with Gasteiger partial charge in [0, 0.05) is 19.6 Å². The Balaban J connectivity index is 2.54. The van der Waals surface area contributed by atoms with Crippen molar-refractivity contribution in [2.75, 3.05) is 19.6 Å². The molecule has 1 saturated heterocycles. The van der Waals surface area contributed by atoms with E-state index in [0.29, 0.717) is 18.7 Å². The van der Waals surface area contributed by atoms with Crippen molar-refractivity contribution in [3.63, 3.8) is 0 Å². The number of alkyl halides is 6. The molecule has 0 aromatic heterocycles. The minimum atomic E-state index is -4.93. The smallest absolute Gasteiger partial charge is 0.351 e. The molecule has 1 aliphatic rings. The van der Waals surface area contributed by atoms with Crippen molar-refractivity contribution in [3.8, 4) is 0 Å². The van der Waals surface area contributed by atoms with Gasteiger partial charge in [0.2, 0.25) is 0 Å². The molecule has 0 radical (unpaired) electrons. The highest BCUT2D eigenvalue weighted by molar-refractivity contribution is 5.73. The summed E-state index contributed by atoms with van der Waals surface area (Å²) in [5.41, 5.74) is 2.05. The highest BCUT2D eigenvalue weighted by Gasteiger charge is 2.38. The number of nitrogens with one attached hydrogen (secondary N) is 1. The van der Waals surface area contributed by atoms with Crippen LogP contribution in [-0.4, -0.2) is 30.6 Å². The zero-order valence-electron chi connectivity index (χ0n) is 11.6. The van der Waals surface area contributed by atoms with Gasteiger partial charge in [-0.25, -0.2) is 4.79 Å². The first-order valence-electron chi connectivity index (χ1n) is 6.56. The Morgan fingerprint density at radius 3 is 2.04 bits per heavy atom. The van der Waals surface area contributed by atoms with Crippen LogP contribution in [0.3, 0.4) is 0 Å². The first-order valence-corrected chi connectivity index (χ1v) is 6.56. The monoisotopic (exact) mass is 341 g/mol. The number of hydrogen-bond donors (Lipinski definition) is 2. The zero-order valence-corrected chi connectivity index (χ0v) is 11.6. The maximum Gasteiger partial charge on any atom is 0.416 e. The number of rotatable bonds is 1. The van der Waals surface area contributed by atoms with Crippen LogP contribution in [0.15, 0.2) is 18.2 Å². The SMILES string of the molecule is NC(=O)N1CCNCC1c1cc(C(F)(F)F)cc(C(F)(F)F)c1. The topological polar surface area (TPSA) is 58.4 Å². The minimum Gasteiger partial charge on any atom is -0.351 e. The molecule has 1 atom stereocenters. The first kappa shape index (κ1) is 17.4. The van der Waals surface area contributed by atoms with Gasteiger partial charge in [-0.3, -0.25) is 0 Å². The number of piperazine rings is 1. The largest absolute Gasteiger partial charge is 0.416 e. The lowest BCUT2D eigenvalue weighted by molar-refractivity contribution is -0.143. The second kappa shape index (κ2) is 5.91. The maximum atomic E-state index is 12.9. The summed E-state index contributed by atoms with van der Waals surface area (Å²) >= 11 is 0. The molecule has 1 unspecified atom stereocenters. The fraction of sp³-hybridized carbons (Fsp3) is 0.462. The molecule has 1 heterocycles. The van der Waals surface area contributed by atoms with Crippen LogP contribution in [0, 0.1) is 0 Å². The van der Waals surface area contributed by atoms with Crippen molar-refractivity contribution in [2.45, 2.75) is 18.4 Å². The molecule has 2 amide bonds. The van der Waals surface area contributed by atoms with Crippen molar-refractivity contribution in [3.05, 3.63) is 34.9 Å². The van der Waals surface area contributed by atoms with Crippen molar-refractivity contribution in [2.24, 2.45) is 5.73 Å². The number of hydrogen-bond acceptors (Lipinski definition) is 2. The molecule has 0 aliphatic carbocycles.